The molecule has 0 unspecified atom stereocenters. The summed E-state index contributed by atoms with van der Waals surface area (Å²) in [4.78, 5) is 32.1. The number of carbonyl (C=O) groups is 3. The zero-order valence-electron chi connectivity index (χ0n) is 7.05. The van der Waals surface area contributed by atoms with Crippen molar-refractivity contribution < 1.29 is 19.1 Å². The normalized spacial score (nSPS) is 8.83. The third-order valence-electron chi connectivity index (χ3n) is 1.18. The Morgan fingerprint density at radius 3 is 2.17 bits per heavy atom. The standard InChI is InChI=1S/C8H10O4/c1-5(9)4-7(10)6(2)8(11)12-3/h2,4H2,1,3H3. The van der Waals surface area contributed by atoms with E-state index in [1.54, 1.807) is 0 Å². The molecule has 4 heteroatoms. The van der Waals surface area contributed by atoms with E-state index in [1.807, 2.05) is 0 Å². The van der Waals surface area contributed by atoms with Gasteiger partial charge in [-0.15, -0.1) is 0 Å². The van der Waals surface area contributed by atoms with Crippen molar-refractivity contribution in [1.82, 2.24) is 0 Å². The summed E-state index contributed by atoms with van der Waals surface area (Å²) in [5.74, 6) is -1.68. The molecule has 0 fully saturated rings. The Balaban J connectivity index is 4.21. The van der Waals surface area contributed by atoms with E-state index in [4.69, 9.17) is 0 Å². The molecule has 0 radical (unpaired) electrons. The van der Waals surface area contributed by atoms with Crippen molar-refractivity contribution in [2.75, 3.05) is 7.11 Å². The van der Waals surface area contributed by atoms with E-state index >= 15 is 0 Å². The SMILES string of the molecule is C=C(C(=O)CC(C)=O)C(=O)OC. The highest BCUT2D eigenvalue weighted by molar-refractivity contribution is 6.20. The summed E-state index contributed by atoms with van der Waals surface area (Å²) >= 11 is 0. The largest absolute Gasteiger partial charge is 0.465 e. The minimum absolute atomic E-state index is 0.285. The van der Waals surface area contributed by atoms with E-state index < -0.39 is 11.8 Å². The second-order valence-electron chi connectivity index (χ2n) is 2.27. The van der Waals surface area contributed by atoms with Crippen LogP contribution in [-0.4, -0.2) is 24.6 Å². The van der Waals surface area contributed by atoms with E-state index in [1.165, 1.54) is 6.92 Å². The predicted molar refractivity (Wildman–Crippen MR) is 41.5 cm³/mol. The van der Waals surface area contributed by atoms with Gasteiger partial charge in [0.05, 0.1) is 19.1 Å². The molecule has 0 spiro atoms. The molecule has 0 aliphatic heterocycles. The highest BCUT2D eigenvalue weighted by atomic mass is 16.5. The Hall–Kier alpha value is -1.45. The number of hydrogen-bond donors (Lipinski definition) is 0. The van der Waals surface area contributed by atoms with Crippen molar-refractivity contribution in [3.8, 4) is 0 Å². The van der Waals surface area contributed by atoms with E-state index in [-0.39, 0.29) is 17.8 Å². The van der Waals surface area contributed by atoms with Gasteiger partial charge >= 0.3 is 5.97 Å². The molecule has 0 N–H and O–H groups in total. The molecule has 0 bridgehead atoms. The van der Waals surface area contributed by atoms with Crippen LogP contribution < -0.4 is 0 Å². The van der Waals surface area contributed by atoms with E-state index in [9.17, 15) is 14.4 Å². The molecule has 0 saturated carbocycles. The summed E-state index contributed by atoms with van der Waals surface area (Å²) in [6.07, 6.45) is -0.298. The molecule has 0 amide bonds. The third-order valence-corrected chi connectivity index (χ3v) is 1.18. The predicted octanol–water partition coefficient (Wildman–Crippen LogP) is 0.264. The Labute approximate surface area is 70.2 Å². The average Bonchev–Trinajstić information content (AvgIpc) is 2.00. The average molecular weight is 170 g/mol. The first kappa shape index (κ1) is 10.6. The van der Waals surface area contributed by atoms with Gasteiger partial charge in [0.15, 0.2) is 5.78 Å². The topological polar surface area (TPSA) is 60.4 Å². The summed E-state index contributed by atoms with van der Waals surface area (Å²) in [6, 6.07) is 0. The van der Waals surface area contributed by atoms with Gasteiger partial charge in [0.2, 0.25) is 0 Å². The van der Waals surface area contributed by atoms with Crippen molar-refractivity contribution in [2.45, 2.75) is 13.3 Å². The molecule has 66 valence electrons. The van der Waals surface area contributed by atoms with Gasteiger partial charge in [-0.2, -0.15) is 0 Å². The van der Waals surface area contributed by atoms with Crippen LogP contribution in [-0.2, 0) is 19.1 Å². The number of ketones is 2. The molecule has 0 aliphatic rings. The second kappa shape index (κ2) is 4.43. The second-order valence-corrected chi connectivity index (χ2v) is 2.27. The number of methoxy groups -OCH3 is 1. The smallest absolute Gasteiger partial charge is 0.340 e. The first-order chi connectivity index (χ1) is 5.49. The summed E-state index contributed by atoms with van der Waals surface area (Å²) in [5, 5.41) is 0. The van der Waals surface area contributed by atoms with Crippen LogP contribution in [0.2, 0.25) is 0 Å². The maximum absolute atomic E-state index is 10.9. The lowest BCUT2D eigenvalue weighted by molar-refractivity contribution is -0.137. The molecule has 4 nitrogen and oxygen atoms in total. The van der Waals surface area contributed by atoms with Crippen molar-refractivity contribution >= 4 is 17.5 Å². The maximum Gasteiger partial charge on any atom is 0.340 e. The van der Waals surface area contributed by atoms with Crippen LogP contribution >= 0.6 is 0 Å². The van der Waals surface area contributed by atoms with Crippen LogP contribution in [0.5, 0.6) is 0 Å². The zero-order valence-corrected chi connectivity index (χ0v) is 7.05. The highest BCUT2D eigenvalue weighted by Crippen LogP contribution is 1.99. The number of carbonyl (C=O) groups excluding carboxylic acids is 3. The number of Topliss-reactive ketones (excluding diaryl/α,β-unsaturated/α-hetero) is 2. The van der Waals surface area contributed by atoms with Gasteiger partial charge < -0.3 is 4.74 Å². The van der Waals surface area contributed by atoms with E-state index in [2.05, 4.69) is 11.3 Å². The monoisotopic (exact) mass is 170 g/mol. The van der Waals surface area contributed by atoms with Crippen molar-refractivity contribution in [2.24, 2.45) is 0 Å². The number of rotatable bonds is 4. The molecule has 0 atom stereocenters. The lowest BCUT2D eigenvalue weighted by atomic mass is 10.1. The van der Waals surface area contributed by atoms with Gasteiger partial charge in [-0.3, -0.25) is 9.59 Å². The molecule has 0 aliphatic carbocycles. The Morgan fingerprint density at radius 1 is 1.33 bits per heavy atom. The molecule has 0 aromatic rings. The zero-order chi connectivity index (χ0) is 9.72. The summed E-state index contributed by atoms with van der Waals surface area (Å²) in [5.41, 5.74) is -0.285. The molecule has 0 rings (SSSR count). The minimum Gasteiger partial charge on any atom is -0.465 e. The quantitative estimate of drug-likeness (QED) is 0.263. The van der Waals surface area contributed by atoms with Crippen LogP contribution in [0.3, 0.4) is 0 Å². The molecule has 0 aromatic carbocycles. The molecular formula is C8H10O4. The van der Waals surface area contributed by atoms with Gasteiger partial charge in [-0.05, 0) is 6.92 Å². The fourth-order valence-corrected chi connectivity index (χ4v) is 0.570. The molecule has 12 heavy (non-hydrogen) atoms. The summed E-state index contributed by atoms with van der Waals surface area (Å²) in [7, 11) is 1.15. The summed E-state index contributed by atoms with van der Waals surface area (Å²) in [6.45, 7) is 4.47. The van der Waals surface area contributed by atoms with Crippen LogP contribution in [0.15, 0.2) is 12.2 Å². The van der Waals surface area contributed by atoms with Gasteiger partial charge in [-0.1, -0.05) is 6.58 Å². The molecular weight excluding hydrogens is 160 g/mol. The fraction of sp³-hybridized carbons (Fsp3) is 0.375. The van der Waals surface area contributed by atoms with Gasteiger partial charge in [0, 0.05) is 0 Å². The lowest BCUT2D eigenvalue weighted by Crippen LogP contribution is -2.15. The Kier molecular flexibility index (Phi) is 3.90. The number of esters is 1. The van der Waals surface area contributed by atoms with Gasteiger partial charge in [0.25, 0.3) is 0 Å². The number of ether oxygens (including phenoxy) is 1. The van der Waals surface area contributed by atoms with Crippen molar-refractivity contribution in [3.05, 3.63) is 12.2 Å². The fourth-order valence-electron chi connectivity index (χ4n) is 0.570. The first-order valence-corrected chi connectivity index (χ1v) is 3.29. The van der Waals surface area contributed by atoms with E-state index in [0.717, 1.165) is 7.11 Å². The van der Waals surface area contributed by atoms with Gasteiger partial charge in [0.1, 0.15) is 5.78 Å². The Morgan fingerprint density at radius 2 is 1.83 bits per heavy atom. The molecule has 0 heterocycles. The molecule has 0 aromatic heterocycles. The van der Waals surface area contributed by atoms with Crippen LogP contribution in [0.1, 0.15) is 13.3 Å². The van der Waals surface area contributed by atoms with Crippen molar-refractivity contribution in [1.29, 1.82) is 0 Å². The first-order valence-electron chi connectivity index (χ1n) is 3.29. The minimum atomic E-state index is -0.791. The lowest BCUT2D eigenvalue weighted by Gasteiger charge is -1.99. The van der Waals surface area contributed by atoms with Crippen LogP contribution in [0.4, 0.5) is 0 Å². The Bertz CT molecular complexity index is 239. The van der Waals surface area contributed by atoms with Crippen molar-refractivity contribution in [3.63, 3.8) is 0 Å². The maximum atomic E-state index is 10.9. The summed E-state index contributed by atoms with van der Waals surface area (Å²) < 4.78 is 4.24. The van der Waals surface area contributed by atoms with Crippen LogP contribution in [0, 0.1) is 0 Å². The highest BCUT2D eigenvalue weighted by Gasteiger charge is 2.16. The molecule has 0 saturated heterocycles. The number of hydrogen-bond acceptors (Lipinski definition) is 4. The van der Waals surface area contributed by atoms with Gasteiger partial charge in [-0.25, -0.2) is 4.79 Å². The van der Waals surface area contributed by atoms with Crippen LogP contribution in [0.25, 0.3) is 0 Å². The van der Waals surface area contributed by atoms with E-state index in [0.29, 0.717) is 0 Å². The third kappa shape index (κ3) is 3.09.